The summed E-state index contributed by atoms with van der Waals surface area (Å²) in [6, 6.07) is 4.29. The molecule has 0 unspecified atom stereocenters. The van der Waals surface area contributed by atoms with Crippen LogP contribution in [0.1, 0.15) is 18.0 Å². The van der Waals surface area contributed by atoms with Crippen LogP contribution >= 0.6 is 11.6 Å². The Hall–Kier alpha value is -0.800. The Bertz CT molecular complexity index is 293. The van der Waals surface area contributed by atoms with E-state index in [1.165, 1.54) is 6.07 Å². The number of rotatable bonds is 3. The molecule has 0 saturated carbocycles. The quantitative estimate of drug-likeness (QED) is 0.793. The van der Waals surface area contributed by atoms with E-state index in [4.69, 9.17) is 22.4 Å². The lowest BCUT2D eigenvalue weighted by atomic mass is 10.1. The molecule has 0 heterocycles. The second-order valence-electron chi connectivity index (χ2n) is 2.79. The summed E-state index contributed by atoms with van der Waals surface area (Å²) < 4.78 is 11.9. The summed E-state index contributed by atoms with van der Waals surface area (Å²) in [5.41, 5.74) is 6.38. The number of halogens is 2. The van der Waals surface area contributed by atoms with Crippen LogP contribution in [0, 0.1) is 0 Å². The molecule has 1 rings (SSSR count). The van der Waals surface area contributed by atoms with E-state index >= 15 is 0 Å². The molecule has 0 spiro atoms. The summed E-state index contributed by atoms with van der Waals surface area (Å²) in [7, 11) is 0. The van der Waals surface area contributed by atoms with E-state index in [0.29, 0.717) is 0 Å². The summed E-state index contributed by atoms with van der Waals surface area (Å²) in [5, 5.41) is 9.35. The van der Waals surface area contributed by atoms with Crippen molar-refractivity contribution in [1.29, 1.82) is 0 Å². The third-order valence-electron chi connectivity index (χ3n) is 1.82. The van der Waals surface area contributed by atoms with Gasteiger partial charge in [0.2, 0.25) is 0 Å². The standard InChI is InChI=1S/C9H11ClFNO/c10-7-5-6(1-2-9(7)13)8(12)3-4-11/h1-2,5,8,13H,3-4,12H2/t8-/m0/s1. The van der Waals surface area contributed by atoms with Crippen LogP contribution in [0.3, 0.4) is 0 Å². The average molecular weight is 204 g/mol. The molecule has 0 fully saturated rings. The van der Waals surface area contributed by atoms with Gasteiger partial charge in [-0.15, -0.1) is 0 Å². The Balaban J connectivity index is 2.84. The summed E-state index contributed by atoms with van der Waals surface area (Å²) in [5.74, 6) is 0.0119. The fourth-order valence-electron chi connectivity index (χ4n) is 1.04. The zero-order chi connectivity index (χ0) is 9.84. The molecule has 0 radical (unpaired) electrons. The van der Waals surface area contributed by atoms with Crippen molar-refractivity contribution in [2.45, 2.75) is 12.5 Å². The number of phenols is 1. The fraction of sp³-hybridized carbons (Fsp3) is 0.333. The van der Waals surface area contributed by atoms with Crippen LogP contribution in [-0.4, -0.2) is 11.8 Å². The molecule has 0 aliphatic carbocycles. The zero-order valence-electron chi connectivity index (χ0n) is 7.00. The van der Waals surface area contributed by atoms with Crippen molar-refractivity contribution in [3.8, 4) is 5.75 Å². The molecular weight excluding hydrogens is 193 g/mol. The van der Waals surface area contributed by atoms with Gasteiger partial charge in [0, 0.05) is 6.04 Å². The fourth-order valence-corrected chi connectivity index (χ4v) is 1.23. The van der Waals surface area contributed by atoms with Crippen molar-refractivity contribution in [2.24, 2.45) is 5.73 Å². The highest BCUT2D eigenvalue weighted by Gasteiger charge is 2.07. The molecule has 0 saturated heterocycles. The lowest BCUT2D eigenvalue weighted by Gasteiger charge is -2.10. The molecular formula is C9H11ClFNO. The third-order valence-corrected chi connectivity index (χ3v) is 2.12. The SMILES string of the molecule is N[C@@H](CCF)c1ccc(O)c(Cl)c1. The summed E-state index contributed by atoms with van der Waals surface area (Å²) in [6.07, 6.45) is 0.265. The molecule has 0 aromatic heterocycles. The molecule has 72 valence electrons. The number of nitrogens with two attached hydrogens (primary N) is 1. The average Bonchev–Trinajstić information content (AvgIpc) is 2.10. The first kappa shape index (κ1) is 10.3. The molecule has 1 aromatic carbocycles. The van der Waals surface area contributed by atoms with Gasteiger partial charge < -0.3 is 10.8 Å². The predicted octanol–water partition coefficient (Wildman–Crippen LogP) is 2.41. The number of hydrogen-bond acceptors (Lipinski definition) is 2. The van der Waals surface area contributed by atoms with Gasteiger partial charge >= 0.3 is 0 Å². The van der Waals surface area contributed by atoms with Crippen molar-refractivity contribution >= 4 is 11.6 Å². The first-order valence-corrected chi connectivity index (χ1v) is 4.33. The van der Waals surface area contributed by atoms with Gasteiger partial charge in [0.25, 0.3) is 0 Å². The number of aromatic hydroxyl groups is 1. The Kier molecular flexibility index (Phi) is 3.51. The Morgan fingerprint density at radius 3 is 2.77 bits per heavy atom. The lowest BCUT2D eigenvalue weighted by Crippen LogP contribution is -2.10. The van der Waals surface area contributed by atoms with Gasteiger partial charge in [0.1, 0.15) is 5.75 Å². The van der Waals surface area contributed by atoms with Gasteiger partial charge in [-0.25, -0.2) is 0 Å². The highest BCUT2D eigenvalue weighted by atomic mass is 35.5. The molecule has 1 aromatic rings. The van der Waals surface area contributed by atoms with Crippen molar-refractivity contribution in [3.05, 3.63) is 28.8 Å². The van der Waals surface area contributed by atoms with E-state index < -0.39 is 6.67 Å². The van der Waals surface area contributed by atoms with E-state index in [1.807, 2.05) is 0 Å². The van der Waals surface area contributed by atoms with Gasteiger partial charge in [-0.05, 0) is 24.1 Å². The van der Waals surface area contributed by atoms with Crippen LogP contribution in [0.5, 0.6) is 5.75 Å². The maximum absolute atomic E-state index is 11.9. The van der Waals surface area contributed by atoms with Gasteiger partial charge in [-0.2, -0.15) is 0 Å². The van der Waals surface area contributed by atoms with E-state index in [2.05, 4.69) is 0 Å². The predicted molar refractivity (Wildman–Crippen MR) is 50.6 cm³/mol. The molecule has 0 bridgehead atoms. The number of phenolic OH excluding ortho intramolecular Hbond substituents is 1. The minimum Gasteiger partial charge on any atom is -0.506 e. The maximum atomic E-state index is 11.9. The summed E-state index contributed by atoms with van der Waals surface area (Å²) in [6.45, 7) is -0.459. The third kappa shape index (κ3) is 2.57. The number of benzene rings is 1. The van der Waals surface area contributed by atoms with Crippen LogP contribution in [-0.2, 0) is 0 Å². The summed E-state index contributed by atoms with van der Waals surface area (Å²) in [4.78, 5) is 0. The Morgan fingerprint density at radius 2 is 2.23 bits per heavy atom. The smallest absolute Gasteiger partial charge is 0.134 e. The van der Waals surface area contributed by atoms with Crippen LogP contribution in [0.15, 0.2) is 18.2 Å². The Morgan fingerprint density at radius 1 is 1.54 bits per heavy atom. The van der Waals surface area contributed by atoms with Crippen molar-refractivity contribution < 1.29 is 9.50 Å². The first-order valence-electron chi connectivity index (χ1n) is 3.95. The molecule has 3 N–H and O–H groups in total. The highest BCUT2D eigenvalue weighted by Crippen LogP contribution is 2.26. The molecule has 2 nitrogen and oxygen atoms in total. The van der Waals surface area contributed by atoms with Crippen molar-refractivity contribution in [1.82, 2.24) is 0 Å². The van der Waals surface area contributed by atoms with Crippen LogP contribution < -0.4 is 5.73 Å². The Labute approximate surface area is 81.1 Å². The van der Waals surface area contributed by atoms with E-state index in [-0.39, 0.29) is 23.2 Å². The molecule has 0 amide bonds. The normalized spacial score (nSPS) is 12.8. The minimum absolute atomic E-state index is 0.0119. The van der Waals surface area contributed by atoms with Gasteiger partial charge in [0.05, 0.1) is 11.7 Å². The molecule has 0 aliphatic heterocycles. The van der Waals surface area contributed by atoms with E-state index in [9.17, 15) is 4.39 Å². The van der Waals surface area contributed by atoms with Crippen molar-refractivity contribution in [2.75, 3.05) is 6.67 Å². The molecule has 4 heteroatoms. The number of alkyl halides is 1. The van der Waals surface area contributed by atoms with Crippen molar-refractivity contribution in [3.63, 3.8) is 0 Å². The first-order chi connectivity index (χ1) is 6.15. The van der Waals surface area contributed by atoms with Gasteiger partial charge in [-0.1, -0.05) is 17.7 Å². The second-order valence-corrected chi connectivity index (χ2v) is 3.20. The second kappa shape index (κ2) is 4.44. The van der Waals surface area contributed by atoms with Crippen LogP contribution in [0.25, 0.3) is 0 Å². The number of hydrogen-bond donors (Lipinski definition) is 2. The zero-order valence-corrected chi connectivity index (χ0v) is 7.76. The summed E-state index contributed by atoms with van der Waals surface area (Å²) >= 11 is 5.66. The van der Waals surface area contributed by atoms with Crippen LogP contribution in [0.2, 0.25) is 5.02 Å². The highest BCUT2D eigenvalue weighted by molar-refractivity contribution is 6.32. The molecule has 0 aliphatic rings. The van der Waals surface area contributed by atoms with Gasteiger partial charge in [0.15, 0.2) is 0 Å². The molecule has 13 heavy (non-hydrogen) atoms. The van der Waals surface area contributed by atoms with Crippen LogP contribution in [0.4, 0.5) is 4.39 Å². The minimum atomic E-state index is -0.459. The molecule has 1 atom stereocenters. The van der Waals surface area contributed by atoms with Gasteiger partial charge in [-0.3, -0.25) is 4.39 Å². The topological polar surface area (TPSA) is 46.2 Å². The maximum Gasteiger partial charge on any atom is 0.134 e. The monoisotopic (exact) mass is 203 g/mol. The largest absolute Gasteiger partial charge is 0.506 e. The lowest BCUT2D eigenvalue weighted by molar-refractivity contribution is 0.441. The van der Waals surface area contributed by atoms with E-state index in [0.717, 1.165) is 5.56 Å². The van der Waals surface area contributed by atoms with E-state index in [1.54, 1.807) is 12.1 Å².